The topological polar surface area (TPSA) is 82.7 Å². The maximum absolute atomic E-state index is 12.2. The largest absolute Gasteiger partial charge is 0.482 e. The van der Waals surface area contributed by atoms with Crippen LogP contribution in [0.25, 0.3) is 0 Å². The van der Waals surface area contributed by atoms with Crippen molar-refractivity contribution in [1.82, 2.24) is 16.2 Å². The van der Waals surface area contributed by atoms with Crippen LogP contribution in [0.1, 0.15) is 32.6 Å². The molecule has 0 spiro atoms. The molecular weight excluding hydrogens is 352 g/mol. The van der Waals surface area contributed by atoms with Crippen molar-refractivity contribution in [2.75, 3.05) is 18.1 Å². The minimum Gasteiger partial charge on any atom is -0.482 e. The highest BCUT2D eigenvalue weighted by atomic mass is 32.1. The monoisotopic (exact) mass is 376 g/mol. The normalized spacial score (nSPS) is 22.0. The van der Waals surface area contributed by atoms with Crippen molar-refractivity contribution < 1.29 is 14.3 Å². The highest BCUT2D eigenvalue weighted by molar-refractivity contribution is 7.80. The van der Waals surface area contributed by atoms with Crippen molar-refractivity contribution in [2.45, 2.75) is 38.6 Å². The van der Waals surface area contributed by atoms with E-state index in [0.717, 1.165) is 6.42 Å². The Morgan fingerprint density at radius 3 is 2.85 bits per heavy atom. The van der Waals surface area contributed by atoms with Crippen molar-refractivity contribution in [2.24, 2.45) is 5.92 Å². The third kappa shape index (κ3) is 4.43. The first kappa shape index (κ1) is 18.4. The van der Waals surface area contributed by atoms with E-state index in [0.29, 0.717) is 28.5 Å². The van der Waals surface area contributed by atoms with Crippen LogP contribution in [0.15, 0.2) is 24.3 Å². The summed E-state index contributed by atoms with van der Waals surface area (Å²) in [4.78, 5) is 25.7. The zero-order chi connectivity index (χ0) is 18.5. The van der Waals surface area contributed by atoms with Crippen LogP contribution < -0.4 is 25.8 Å². The second-order valence-corrected chi connectivity index (χ2v) is 7.16. The highest BCUT2D eigenvalue weighted by Gasteiger charge is 2.27. The van der Waals surface area contributed by atoms with E-state index in [9.17, 15) is 9.59 Å². The molecule has 0 bridgehead atoms. The molecule has 1 heterocycles. The number of ether oxygens (including phenoxy) is 1. The summed E-state index contributed by atoms with van der Waals surface area (Å²) in [6.45, 7) is 2.03. The third-order valence-corrected chi connectivity index (χ3v) is 5.07. The van der Waals surface area contributed by atoms with Gasteiger partial charge in [-0.05, 0) is 43.1 Å². The Morgan fingerprint density at radius 2 is 2.04 bits per heavy atom. The molecule has 0 radical (unpaired) electrons. The van der Waals surface area contributed by atoms with E-state index in [2.05, 4.69) is 23.1 Å². The molecule has 1 saturated carbocycles. The number of anilines is 1. The second-order valence-electron chi connectivity index (χ2n) is 6.75. The average molecular weight is 376 g/mol. The smallest absolute Gasteiger partial charge is 0.265 e. The van der Waals surface area contributed by atoms with Gasteiger partial charge in [-0.3, -0.25) is 25.3 Å². The first-order valence-corrected chi connectivity index (χ1v) is 9.33. The Balaban J connectivity index is 1.50. The van der Waals surface area contributed by atoms with Gasteiger partial charge in [-0.15, -0.1) is 0 Å². The standard InChI is InChI=1S/C18H24N4O3S/c1-12-6-2-3-7-13(12)19-18(26)21-20-16(23)10-22-14-8-4-5-9-15(14)25-11-17(22)24/h4-5,8-9,12-13H,2-3,6-7,10-11H2,1H3,(H,20,23)(H2,19,21,26)/t12-,13-/m0/s1. The average Bonchev–Trinajstić information content (AvgIpc) is 2.64. The summed E-state index contributed by atoms with van der Waals surface area (Å²) in [6.07, 6.45) is 4.71. The van der Waals surface area contributed by atoms with Crippen LogP contribution in [0.2, 0.25) is 0 Å². The molecule has 8 heteroatoms. The van der Waals surface area contributed by atoms with Crippen LogP contribution in [0.3, 0.4) is 0 Å². The van der Waals surface area contributed by atoms with E-state index >= 15 is 0 Å². The fourth-order valence-electron chi connectivity index (χ4n) is 3.37. The minimum absolute atomic E-state index is 0.0722. The lowest BCUT2D eigenvalue weighted by atomic mass is 9.86. The van der Waals surface area contributed by atoms with Gasteiger partial charge >= 0.3 is 0 Å². The molecule has 1 aliphatic heterocycles. The van der Waals surface area contributed by atoms with Gasteiger partial charge in [0, 0.05) is 6.04 Å². The van der Waals surface area contributed by atoms with E-state index < -0.39 is 0 Å². The lowest BCUT2D eigenvalue weighted by molar-refractivity contribution is -0.125. The van der Waals surface area contributed by atoms with E-state index in [4.69, 9.17) is 17.0 Å². The maximum Gasteiger partial charge on any atom is 0.265 e. The Labute approximate surface area is 158 Å². The molecule has 1 aromatic rings. The third-order valence-electron chi connectivity index (χ3n) is 4.85. The molecule has 1 aromatic carbocycles. The van der Waals surface area contributed by atoms with E-state index in [1.165, 1.54) is 24.2 Å². The van der Waals surface area contributed by atoms with Gasteiger partial charge in [-0.1, -0.05) is 31.9 Å². The summed E-state index contributed by atoms with van der Waals surface area (Å²) in [5, 5.41) is 3.65. The predicted molar refractivity (Wildman–Crippen MR) is 103 cm³/mol. The molecule has 2 atom stereocenters. The molecule has 3 N–H and O–H groups in total. The van der Waals surface area contributed by atoms with Gasteiger partial charge in [0.15, 0.2) is 11.7 Å². The van der Waals surface area contributed by atoms with Gasteiger partial charge in [0.1, 0.15) is 12.3 Å². The van der Waals surface area contributed by atoms with Crippen LogP contribution >= 0.6 is 12.2 Å². The number of thiocarbonyl (C=S) groups is 1. The van der Waals surface area contributed by atoms with E-state index in [-0.39, 0.29) is 25.0 Å². The number of fused-ring (bicyclic) bond motifs is 1. The molecule has 1 fully saturated rings. The lowest BCUT2D eigenvalue weighted by Gasteiger charge is -2.31. The molecule has 2 aliphatic rings. The Morgan fingerprint density at radius 1 is 1.27 bits per heavy atom. The molecule has 3 rings (SSSR count). The van der Waals surface area contributed by atoms with E-state index in [1.54, 1.807) is 18.2 Å². The first-order valence-electron chi connectivity index (χ1n) is 8.92. The predicted octanol–water partition coefficient (Wildman–Crippen LogP) is 1.49. The number of nitrogens with one attached hydrogen (secondary N) is 3. The zero-order valence-corrected chi connectivity index (χ0v) is 15.6. The number of carbonyl (C=O) groups is 2. The molecule has 1 aliphatic carbocycles. The van der Waals surface area contributed by atoms with Crippen molar-refractivity contribution in [3.05, 3.63) is 24.3 Å². The van der Waals surface area contributed by atoms with Crippen LogP contribution in [-0.2, 0) is 9.59 Å². The van der Waals surface area contributed by atoms with Crippen LogP contribution in [-0.4, -0.2) is 36.1 Å². The Hall–Kier alpha value is -2.35. The van der Waals surface area contributed by atoms with Crippen molar-refractivity contribution >= 4 is 34.8 Å². The Bertz CT molecular complexity index is 697. The molecule has 7 nitrogen and oxygen atoms in total. The lowest BCUT2D eigenvalue weighted by Crippen LogP contribution is -2.54. The van der Waals surface area contributed by atoms with Gasteiger partial charge in [0.2, 0.25) is 0 Å². The maximum atomic E-state index is 12.2. The molecule has 26 heavy (non-hydrogen) atoms. The summed E-state index contributed by atoms with van der Waals surface area (Å²) in [7, 11) is 0. The van der Waals surface area contributed by atoms with E-state index in [1.807, 2.05) is 6.07 Å². The molecule has 2 amide bonds. The summed E-state index contributed by atoms with van der Waals surface area (Å²) >= 11 is 5.26. The summed E-state index contributed by atoms with van der Waals surface area (Å²) < 4.78 is 5.37. The molecule has 0 unspecified atom stereocenters. The van der Waals surface area contributed by atoms with Crippen molar-refractivity contribution in [1.29, 1.82) is 0 Å². The fraction of sp³-hybridized carbons (Fsp3) is 0.500. The number of amides is 2. The Kier molecular flexibility index (Phi) is 5.92. The number of benzene rings is 1. The number of hydrazine groups is 1. The SMILES string of the molecule is C[C@H]1CCCC[C@@H]1NC(=S)NNC(=O)CN1C(=O)COc2ccccc21. The quantitative estimate of drug-likeness (QED) is 0.548. The number of carbonyl (C=O) groups excluding carboxylic acids is 2. The first-order chi connectivity index (χ1) is 12.5. The summed E-state index contributed by atoms with van der Waals surface area (Å²) in [6, 6.07) is 7.48. The molecule has 140 valence electrons. The van der Waals surface area contributed by atoms with Gasteiger partial charge < -0.3 is 10.1 Å². The summed E-state index contributed by atoms with van der Waals surface area (Å²) in [5.41, 5.74) is 5.88. The fourth-order valence-corrected chi connectivity index (χ4v) is 3.57. The van der Waals surface area contributed by atoms with Crippen LogP contribution in [0.5, 0.6) is 5.75 Å². The molecule has 0 aromatic heterocycles. The van der Waals surface area contributed by atoms with Crippen LogP contribution in [0.4, 0.5) is 5.69 Å². The summed E-state index contributed by atoms with van der Waals surface area (Å²) in [5.74, 6) is 0.546. The minimum atomic E-state index is -0.351. The van der Waals surface area contributed by atoms with Crippen molar-refractivity contribution in [3.63, 3.8) is 0 Å². The van der Waals surface area contributed by atoms with Crippen molar-refractivity contribution in [3.8, 4) is 5.75 Å². The number of hydrogen-bond donors (Lipinski definition) is 3. The number of para-hydroxylation sites is 2. The number of nitrogens with zero attached hydrogens (tertiary/aromatic N) is 1. The highest BCUT2D eigenvalue weighted by Crippen LogP contribution is 2.31. The number of hydrogen-bond acceptors (Lipinski definition) is 4. The van der Waals surface area contributed by atoms with Gasteiger partial charge in [-0.25, -0.2) is 0 Å². The molecule has 0 saturated heterocycles. The van der Waals surface area contributed by atoms with Gasteiger partial charge in [0.25, 0.3) is 11.8 Å². The van der Waals surface area contributed by atoms with Gasteiger partial charge in [0.05, 0.1) is 5.69 Å². The zero-order valence-electron chi connectivity index (χ0n) is 14.8. The number of rotatable bonds is 3. The molecular formula is C18H24N4O3S. The van der Waals surface area contributed by atoms with Gasteiger partial charge in [-0.2, -0.15) is 0 Å². The second kappa shape index (κ2) is 8.35. The van der Waals surface area contributed by atoms with Crippen LogP contribution in [0, 0.1) is 5.92 Å².